The molecule has 1 aliphatic heterocycles. The molecule has 5 heteroatoms. The van der Waals surface area contributed by atoms with Crippen molar-refractivity contribution < 1.29 is 14.3 Å². The fourth-order valence-corrected chi connectivity index (χ4v) is 2.12. The van der Waals surface area contributed by atoms with Crippen LogP contribution in [0.3, 0.4) is 0 Å². The number of aliphatic carboxylic acids is 1. The number of oxazole rings is 1. The van der Waals surface area contributed by atoms with Gasteiger partial charge in [-0.15, -0.1) is 0 Å². The minimum absolute atomic E-state index is 0.0992. The molecular formula is C12H18N2O3. The lowest BCUT2D eigenvalue weighted by Gasteiger charge is -2.20. The summed E-state index contributed by atoms with van der Waals surface area (Å²) in [5, 5.41) is 11.9. The molecule has 2 heterocycles. The summed E-state index contributed by atoms with van der Waals surface area (Å²) in [4.78, 5) is 14.6. The van der Waals surface area contributed by atoms with Gasteiger partial charge in [0.15, 0.2) is 5.89 Å². The van der Waals surface area contributed by atoms with Crippen molar-refractivity contribution in [2.24, 2.45) is 5.92 Å². The summed E-state index contributed by atoms with van der Waals surface area (Å²) in [6, 6.07) is 0. The van der Waals surface area contributed by atoms with Crippen molar-refractivity contribution in [3.8, 4) is 0 Å². The van der Waals surface area contributed by atoms with E-state index < -0.39 is 5.97 Å². The van der Waals surface area contributed by atoms with E-state index in [4.69, 9.17) is 9.52 Å². The first-order valence-corrected chi connectivity index (χ1v) is 6.10. The van der Waals surface area contributed by atoms with Gasteiger partial charge in [0.2, 0.25) is 0 Å². The summed E-state index contributed by atoms with van der Waals surface area (Å²) in [5.41, 5.74) is 0. The fourth-order valence-electron chi connectivity index (χ4n) is 2.12. The maximum absolute atomic E-state index is 10.4. The predicted octanol–water partition coefficient (Wildman–Crippen LogP) is 1.23. The van der Waals surface area contributed by atoms with Crippen molar-refractivity contribution in [1.82, 2.24) is 10.3 Å². The normalized spacial score (nSPS) is 17.2. The first kappa shape index (κ1) is 12.1. The molecule has 0 spiro atoms. The highest BCUT2D eigenvalue weighted by Crippen LogP contribution is 2.18. The van der Waals surface area contributed by atoms with Crippen LogP contribution in [0.4, 0.5) is 0 Å². The number of carboxylic acid groups (broad SMARTS) is 1. The van der Waals surface area contributed by atoms with Gasteiger partial charge >= 0.3 is 5.97 Å². The molecule has 1 fully saturated rings. The Kier molecular flexibility index (Phi) is 4.14. The topological polar surface area (TPSA) is 75.4 Å². The summed E-state index contributed by atoms with van der Waals surface area (Å²) in [5.74, 6) is 1.26. The molecule has 1 aromatic rings. The number of aryl methyl sites for hydroxylation is 1. The third kappa shape index (κ3) is 3.85. The Morgan fingerprint density at radius 1 is 1.53 bits per heavy atom. The third-order valence-corrected chi connectivity index (χ3v) is 3.11. The summed E-state index contributed by atoms with van der Waals surface area (Å²) in [7, 11) is 0. The smallest absolute Gasteiger partial charge is 0.303 e. The van der Waals surface area contributed by atoms with E-state index in [-0.39, 0.29) is 6.42 Å². The highest BCUT2D eigenvalue weighted by atomic mass is 16.4. The van der Waals surface area contributed by atoms with Gasteiger partial charge < -0.3 is 14.8 Å². The van der Waals surface area contributed by atoms with Gasteiger partial charge in [0.1, 0.15) is 5.76 Å². The Morgan fingerprint density at radius 2 is 2.29 bits per heavy atom. The molecule has 1 aromatic heterocycles. The number of nitrogens with zero attached hydrogens (tertiary/aromatic N) is 1. The van der Waals surface area contributed by atoms with Gasteiger partial charge in [-0.1, -0.05) is 0 Å². The molecular weight excluding hydrogens is 220 g/mol. The van der Waals surface area contributed by atoms with Crippen LogP contribution in [-0.4, -0.2) is 29.1 Å². The predicted molar refractivity (Wildman–Crippen MR) is 61.8 cm³/mol. The average molecular weight is 238 g/mol. The van der Waals surface area contributed by atoms with Crippen LogP contribution in [0.15, 0.2) is 10.6 Å². The first-order chi connectivity index (χ1) is 8.24. The lowest BCUT2D eigenvalue weighted by Crippen LogP contribution is -2.28. The molecule has 1 saturated heterocycles. The van der Waals surface area contributed by atoms with E-state index in [9.17, 15) is 4.79 Å². The van der Waals surface area contributed by atoms with E-state index in [2.05, 4.69) is 10.3 Å². The number of hydrogen-bond acceptors (Lipinski definition) is 4. The second-order valence-corrected chi connectivity index (χ2v) is 4.51. The number of carbonyl (C=O) groups is 1. The molecule has 5 nitrogen and oxygen atoms in total. The van der Waals surface area contributed by atoms with Crippen molar-refractivity contribution in [3.63, 3.8) is 0 Å². The summed E-state index contributed by atoms with van der Waals surface area (Å²) in [6.45, 7) is 2.13. The molecule has 0 atom stereocenters. The minimum atomic E-state index is -0.804. The second kappa shape index (κ2) is 5.82. The summed E-state index contributed by atoms with van der Waals surface area (Å²) in [6.07, 6.45) is 5.37. The monoisotopic (exact) mass is 238 g/mol. The van der Waals surface area contributed by atoms with Crippen LogP contribution in [0.5, 0.6) is 0 Å². The maximum Gasteiger partial charge on any atom is 0.303 e. The molecule has 0 bridgehead atoms. The average Bonchev–Trinajstić information content (AvgIpc) is 2.75. The molecule has 0 unspecified atom stereocenters. The van der Waals surface area contributed by atoms with Crippen molar-refractivity contribution >= 4 is 5.97 Å². The third-order valence-electron chi connectivity index (χ3n) is 3.11. The van der Waals surface area contributed by atoms with E-state index in [1.54, 1.807) is 6.20 Å². The Hall–Kier alpha value is -1.36. The first-order valence-electron chi connectivity index (χ1n) is 6.10. The van der Waals surface area contributed by atoms with Crippen molar-refractivity contribution in [3.05, 3.63) is 17.8 Å². The molecule has 2 N–H and O–H groups in total. The van der Waals surface area contributed by atoms with Crippen LogP contribution in [0.1, 0.15) is 30.9 Å². The number of carboxylic acids is 1. The highest BCUT2D eigenvalue weighted by Gasteiger charge is 2.16. The van der Waals surface area contributed by atoms with Gasteiger partial charge in [0.05, 0.1) is 12.6 Å². The highest BCUT2D eigenvalue weighted by molar-refractivity contribution is 5.66. The lowest BCUT2D eigenvalue weighted by molar-refractivity contribution is -0.137. The largest absolute Gasteiger partial charge is 0.481 e. The van der Waals surface area contributed by atoms with Crippen LogP contribution >= 0.6 is 0 Å². The van der Waals surface area contributed by atoms with E-state index in [1.165, 1.54) is 0 Å². The molecule has 94 valence electrons. The molecule has 1 aliphatic rings. The zero-order chi connectivity index (χ0) is 12.1. The minimum Gasteiger partial charge on any atom is -0.481 e. The molecule has 17 heavy (non-hydrogen) atoms. The SMILES string of the molecule is O=C(O)CCc1cnc(CC2CCNCC2)o1. The Labute approximate surface area is 100 Å². The molecule has 0 amide bonds. The van der Waals surface area contributed by atoms with Crippen LogP contribution in [-0.2, 0) is 17.6 Å². The quantitative estimate of drug-likeness (QED) is 0.807. The zero-order valence-electron chi connectivity index (χ0n) is 9.82. The fraction of sp³-hybridized carbons (Fsp3) is 0.667. The van der Waals surface area contributed by atoms with Crippen LogP contribution in [0.25, 0.3) is 0 Å². The van der Waals surface area contributed by atoms with E-state index in [1.807, 2.05) is 0 Å². The number of piperidine rings is 1. The summed E-state index contributed by atoms with van der Waals surface area (Å²) < 4.78 is 5.54. The molecule has 0 saturated carbocycles. The standard InChI is InChI=1S/C12H18N2O3/c15-12(16)2-1-10-8-14-11(17-10)7-9-3-5-13-6-4-9/h8-9,13H,1-7H2,(H,15,16). The van der Waals surface area contributed by atoms with Crippen molar-refractivity contribution in [2.75, 3.05) is 13.1 Å². The van der Waals surface area contributed by atoms with Crippen LogP contribution in [0, 0.1) is 5.92 Å². The number of aromatic nitrogens is 1. The number of rotatable bonds is 5. The van der Waals surface area contributed by atoms with Gasteiger partial charge in [-0.25, -0.2) is 4.98 Å². The molecule has 0 aliphatic carbocycles. The van der Waals surface area contributed by atoms with Crippen molar-refractivity contribution in [1.29, 1.82) is 0 Å². The Balaban J connectivity index is 1.82. The zero-order valence-corrected chi connectivity index (χ0v) is 9.82. The van der Waals surface area contributed by atoms with Gasteiger partial charge in [0, 0.05) is 12.8 Å². The lowest BCUT2D eigenvalue weighted by atomic mass is 9.95. The van der Waals surface area contributed by atoms with E-state index in [0.29, 0.717) is 18.1 Å². The van der Waals surface area contributed by atoms with Crippen molar-refractivity contribution in [2.45, 2.75) is 32.1 Å². The Morgan fingerprint density at radius 3 is 3.00 bits per heavy atom. The van der Waals surface area contributed by atoms with E-state index in [0.717, 1.165) is 38.2 Å². The van der Waals surface area contributed by atoms with Gasteiger partial charge in [-0.2, -0.15) is 0 Å². The van der Waals surface area contributed by atoms with Gasteiger partial charge in [0.25, 0.3) is 0 Å². The molecule has 2 rings (SSSR count). The van der Waals surface area contributed by atoms with E-state index >= 15 is 0 Å². The van der Waals surface area contributed by atoms with Gasteiger partial charge in [-0.3, -0.25) is 4.79 Å². The Bertz CT molecular complexity index is 370. The van der Waals surface area contributed by atoms with Crippen LogP contribution < -0.4 is 5.32 Å². The van der Waals surface area contributed by atoms with Crippen LogP contribution in [0.2, 0.25) is 0 Å². The molecule has 0 aromatic carbocycles. The second-order valence-electron chi connectivity index (χ2n) is 4.51. The molecule has 0 radical (unpaired) electrons. The van der Waals surface area contributed by atoms with Gasteiger partial charge in [-0.05, 0) is 31.8 Å². The number of nitrogens with one attached hydrogen (secondary N) is 1. The summed E-state index contributed by atoms with van der Waals surface area (Å²) >= 11 is 0. The maximum atomic E-state index is 10.4. The number of hydrogen-bond donors (Lipinski definition) is 2.